The van der Waals surface area contributed by atoms with Crippen molar-refractivity contribution in [2.45, 2.75) is 48.3 Å². The third-order valence-electron chi connectivity index (χ3n) is 3.65. The van der Waals surface area contributed by atoms with Crippen molar-refractivity contribution in [3.8, 4) is 0 Å². The number of nitrogens with one attached hydrogen (secondary N) is 1. The summed E-state index contributed by atoms with van der Waals surface area (Å²) in [5.41, 5.74) is 0. The van der Waals surface area contributed by atoms with Gasteiger partial charge in [0.1, 0.15) is 0 Å². The van der Waals surface area contributed by atoms with E-state index in [2.05, 4.69) is 21.2 Å². The van der Waals surface area contributed by atoms with E-state index in [4.69, 9.17) is 0 Å². The first-order valence-electron chi connectivity index (χ1n) is 6.56. The molecule has 0 radical (unpaired) electrons. The fourth-order valence-corrected chi connectivity index (χ4v) is 5.14. The van der Waals surface area contributed by atoms with E-state index >= 15 is 0 Å². The van der Waals surface area contributed by atoms with Gasteiger partial charge < -0.3 is 5.32 Å². The van der Waals surface area contributed by atoms with Crippen LogP contribution in [0.1, 0.15) is 32.1 Å². The molecule has 0 heterocycles. The summed E-state index contributed by atoms with van der Waals surface area (Å²) in [6.07, 6.45) is 5.90. The van der Waals surface area contributed by atoms with Crippen LogP contribution in [0.3, 0.4) is 0 Å². The largest absolute Gasteiger partial charge is 0.316 e. The second-order valence-electron chi connectivity index (χ2n) is 4.80. The van der Waals surface area contributed by atoms with Gasteiger partial charge in [-0.1, -0.05) is 31.4 Å². The highest BCUT2D eigenvalue weighted by Gasteiger charge is 2.29. The molecule has 3 unspecified atom stereocenters. The van der Waals surface area contributed by atoms with Gasteiger partial charge >= 0.3 is 0 Å². The van der Waals surface area contributed by atoms with E-state index in [0.717, 1.165) is 22.2 Å². The second kappa shape index (κ2) is 6.83. The van der Waals surface area contributed by atoms with Crippen LogP contribution in [0.25, 0.3) is 0 Å². The van der Waals surface area contributed by atoms with Crippen LogP contribution in [-0.4, -0.2) is 22.5 Å². The van der Waals surface area contributed by atoms with Gasteiger partial charge in [-0.2, -0.15) is 0 Å². The lowest BCUT2D eigenvalue weighted by Gasteiger charge is -2.24. The molecule has 100 valence electrons. The first-order chi connectivity index (χ1) is 8.74. The molecule has 0 amide bonds. The van der Waals surface area contributed by atoms with Gasteiger partial charge in [-0.15, -0.1) is 0 Å². The zero-order valence-electron chi connectivity index (χ0n) is 10.7. The quantitative estimate of drug-likeness (QED) is 0.860. The Hall–Kier alpha value is -0.190. The molecular weight excluding hydrogens is 310 g/mol. The molecule has 1 fully saturated rings. The monoisotopic (exact) mass is 329 g/mol. The fraction of sp³-hybridized carbons (Fsp3) is 0.571. The fourth-order valence-electron chi connectivity index (χ4n) is 2.63. The van der Waals surface area contributed by atoms with E-state index in [1.807, 2.05) is 31.3 Å². The molecule has 18 heavy (non-hydrogen) atoms. The van der Waals surface area contributed by atoms with Crippen LogP contribution in [0.15, 0.2) is 33.6 Å². The predicted octanol–water partition coefficient (Wildman–Crippen LogP) is 3.48. The van der Waals surface area contributed by atoms with Crippen molar-refractivity contribution < 1.29 is 4.21 Å². The Kier molecular flexibility index (Phi) is 5.39. The zero-order chi connectivity index (χ0) is 13.0. The lowest BCUT2D eigenvalue weighted by molar-refractivity contribution is 0.500. The Morgan fingerprint density at radius 1 is 1.22 bits per heavy atom. The van der Waals surface area contributed by atoms with E-state index in [1.165, 1.54) is 19.3 Å². The summed E-state index contributed by atoms with van der Waals surface area (Å²) in [5.74, 6) is 0. The third-order valence-corrected chi connectivity index (χ3v) is 6.51. The highest BCUT2D eigenvalue weighted by atomic mass is 79.9. The van der Waals surface area contributed by atoms with Gasteiger partial charge in [0.15, 0.2) is 0 Å². The van der Waals surface area contributed by atoms with Gasteiger partial charge in [-0.05, 0) is 48.0 Å². The van der Waals surface area contributed by atoms with Crippen LogP contribution in [0, 0.1) is 0 Å². The third kappa shape index (κ3) is 3.22. The van der Waals surface area contributed by atoms with Gasteiger partial charge in [-0.3, -0.25) is 4.21 Å². The molecule has 0 aromatic heterocycles. The smallest absolute Gasteiger partial charge is 0.0588 e. The van der Waals surface area contributed by atoms with Crippen molar-refractivity contribution in [3.05, 3.63) is 28.7 Å². The first kappa shape index (κ1) is 14.2. The predicted molar refractivity (Wildman–Crippen MR) is 80.3 cm³/mol. The Labute approximate surface area is 120 Å². The van der Waals surface area contributed by atoms with Gasteiger partial charge in [0.05, 0.1) is 20.9 Å². The molecule has 0 aliphatic heterocycles. The highest BCUT2D eigenvalue weighted by Crippen LogP contribution is 2.29. The normalized spacial score (nSPS) is 26.6. The Morgan fingerprint density at radius 3 is 2.67 bits per heavy atom. The summed E-state index contributed by atoms with van der Waals surface area (Å²) in [5, 5.41) is 3.59. The molecule has 1 saturated carbocycles. The summed E-state index contributed by atoms with van der Waals surface area (Å²) in [7, 11) is 1.05. The summed E-state index contributed by atoms with van der Waals surface area (Å²) >= 11 is 3.51. The van der Waals surface area contributed by atoms with E-state index in [0.29, 0.717) is 6.04 Å². The number of benzene rings is 1. The molecule has 0 bridgehead atoms. The molecule has 0 saturated heterocycles. The number of rotatable bonds is 3. The number of halogens is 1. The summed E-state index contributed by atoms with van der Waals surface area (Å²) in [4.78, 5) is 0.935. The van der Waals surface area contributed by atoms with Gasteiger partial charge in [-0.25, -0.2) is 0 Å². The second-order valence-corrected chi connectivity index (χ2v) is 7.29. The molecule has 3 atom stereocenters. The standard InChI is InChI=1S/C14H20BrNOS/c1-16-12-8-3-2-4-10-14(12)18(17)13-9-6-5-7-11(13)15/h5-7,9,12,14,16H,2-4,8,10H2,1H3. The lowest BCUT2D eigenvalue weighted by Crippen LogP contribution is -2.39. The van der Waals surface area contributed by atoms with Gasteiger partial charge in [0.25, 0.3) is 0 Å². The van der Waals surface area contributed by atoms with E-state index < -0.39 is 10.8 Å². The van der Waals surface area contributed by atoms with Crippen molar-refractivity contribution in [2.75, 3.05) is 7.05 Å². The molecule has 1 aromatic rings. The van der Waals surface area contributed by atoms with Gasteiger partial charge in [0.2, 0.25) is 0 Å². The maximum Gasteiger partial charge on any atom is 0.0588 e. The molecule has 2 nitrogen and oxygen atoms in total. The Bertz CT molecular complexity index is 424. The molecule has 0 spiro atoms. The minimum Gasteiger partial charge on any atom is -0.316 e. The molecule has 1 aliphatic carbocycles. The van der Waals surface area contributed by atoms with Crippen molar-refractivity contribution in [2.24, 2.45) is 0 Å². The SMILES string of the molecule is CNC1CCCCCC1S(=O)c1ccccc1Br. The summed E-state index contributed by atoms with van der Waals surface area (Å²) in [6.45, 7) is 0. The maximum atomic E-state index is 12.8. The van der Waals surface area contributed by atoms with Crippen molar-refractivity contribution in [3.63, 3.8) is 0 Å². The van der Waals surface area contributed by atoms with Crippen LogP contribution >= 0.6 is 15.9 Å². The molecule has 2 rings (SSSR count). The zero-order valence-corrected chi connectivity index (χ0v) is 13.1. The maximum absolute atomic E-state index is 12.8. The van der Waals surface area contributed by atoms with E-state index in [9.17, 15) is 4.21 Å². The van der Waals surface area contributed by atoms with Crippen LogP contribution in [-0.2, 0) is 10.8 Å². The first-order valence-corrected chi connectivity index (χ1v) is 8.57. The average Bonchev–Trinajstić information content (AvgIpc) is 2.63. The van der Waals surface area contributed by atoms with Crippen LogP contribution in [0.5, 0.6) is 0 Å². The van der Waals surface area contributed by atoms with E-state index in [1.54, 1.807) is 0 Å². The minimum absolute atomic E-state index is 0.233. The topological polar surface area (TPSA) is 29.1 Å². The van der Waals surface area contributed by atoms with E-state index in [-0.39, 0.29) is 5.25 Å². The molecule has 1 N–H and O–H groups in total. The Morgan fingerprint density at radius 2 is 1.94 bits per heavy atom. The number of hydrogen-bond donors (Lipinski definition) is 1. The summed E-state index contributed by atoms with van der Waals surface area (Å²) in [6, 6.07) is 8.24. The van der Waals surface area contributed by atoms with Crippen LogP contribution < -0.4 is 5.32 Å². The summed E-state index contributed by atoms with van der Waals surface area (Å²) < 4.78 is 13.7. The van der Waals surface area contributed by atoms with Gasteiger partial charge in [0, 0.05) is 10.5 Å². The molecular formula is C14H20BrNOS. The van der Waals surface area contributed by atoms with Crippen molar-refractivity contribution >= 4 is 26.7 Å². The minimum atomic E-state index is -0.932. The molecule has 1 aliphatic rings. The Balaban J connectivity index is 2.23. The van der Waals surface area contributed by atoms with Crippen LogP contribution in [0.2, 0.25) is 0 Å². The lowest BCUT2D eigenvalue weighted by atomic mass is 10.1. The average molecular weight is 330 g/mol. The highest BCUT2D eigenvalue weighted by molar-refractivity contribution is 9.10. The molecule has 1 aromatic carbocycles. The van der Waals surface area contributed by atoms with Crippen LogP contribution in [0.4, 0.5) is 0 Å². The molecule has 4 heteroatoms. The van der Waals surface area contributed by atoms with Crippen molar-refractivity contribution in [1.29, 1.82) is 0 Å². The van der Waals surface area contributed by atoms with Crippen molar-refractivity contribution in [1.82, 2.24) is 5.32 Å². The number of hydrogen-bond acceptors (Lipinski definition) is 2.